The molecule has 0 saturated heterocycles. The van der Waals surface area contributed by atoms with Gasteiger partial charge in [-0.25, -0.2) is 4.79 Å². The number of rotatable bonds is 6. The Labute approximate surface area is 125 Å². The van der Waals surface area contributed by atoms with Crippen molar-refractivity contribution in [3.8, 4) is 5.75 Å². The second kappa shape index (κ2) is 6.61. The summed E-state index contributed by atoms with van der Waals surface area (Å²) in [6.45, 7) is 5.12. The topological polar surface area (TPSA) is 66.8 Å². The Kier molecular flexibility index (Phi) is 5.35. The third-order valence-electron chi connectivity index (χ3n) is 3.66. The number of carboxylic acids is 1. The maximum Gasteiger partial charge on any atom is 0.326 e. The van der Waals surface area contributed by atoms with Crippen LogP contribution in [0.3, 0.4) is 0 Å². The van der Waals surface area contributed by atoms with Crippen LogP contribution in [-0.4, -0.2) is 42.1 Å². The van der Waals surface area contributed by atoms with Crippen LogP contribution in [-0.2, 0) is 16.0 Å². The first-order valence-corrected chi connectivity index (χ1v) is 6.82. The van der Waals surface area contributed by atoms with Gasteiger partial charge in [0.25, 0.3) is 0 Å². The second-order valence-electron chi connectivity index (χ2n) is 5.80. The van der Waals surface area contributed by atoms with Crippen LogP contribution in [0.4, 0.5) is 0 Å². The summed E-state index contributed by atoms with van der Waals surface area (Å²) in [7, 11) is 3.11. The van der Waals surface area contributed by atoms with Crippen molar-refractivity contribution >= 4 is 11.9 Å². The maximum absolute atomic E-state index is 12.5. The lowest BCUT2D eigenvalue weighted by atomic mass is 9.83. The monoisotopic (exact) mass is 293 g/mol. The van der Waals surface area contributed by atoms with Crippen LogP contribution in [0.15, 0.2) is 24.3 Å². The molecule has 5 nitrogen and oxygen atoms in total. The molecule has 1 aromatic rings. The SMILES string of the molecule is COc1ccccc1CC(C)(C)C(=O)N(C)C(C)C(=O)O. The Balaban J connectivity index is 2.95. The van der Waals surface area contributed by atoms with Crippen molar-refractivity contribution in [2.75, 3.05) is 14.2 Å². The first-order chi connectivity index (χ1) is 9.70. The molecule has 116 valence electrons. The summed E-state index contributed by atoms with van der Waals surface area (Å²) in [5.74, 6) is -0.491. The molecule has 0 aliphatic heterocycles. The van der Waals surface area contributed by atoms with Crippen LogP contribution in [0.25, 0.3) is 0 Å². The van der Waals surface area contributed by atoms with Gasteiger partial charge in [-0.3, -0.25) is 4.79 Å². The fourth-order valence-corrected chi connectivity index (χ4v) is 2.22. The minimum Gasteiger partial charge on any atom is -0.496 e. The number of hydrogen-bond acceptors (Lipinski definition) is 3. The number of likely N-dealkylation sites (N-methyl/N-ethyl adjacent to an activating group) is 1. The number of carbonyl (C=O) groups excluding carboxylic acids is 1. The smallest absolute Gasteiger partial charge is 0.326 e. The summed E-state index contributed by atoms with van der Waals surface area (Å²) in [5.41, 5.74) is 0.210. The molecule has 1 atom stereocenters. The highest BCUT2D eigenvalue weighted by Crippen LogP contribution is 2.29. The molecule has 0 aliphatic carbocycles. The Morgan fingerprint density at radius 2 is 1.90 bits per heavy atom. The third kappa shape index (κ3) is 3.97. The van der Waals surface area contributed by atoms with E-state index in [0.717, 1.165) is 11.3 Å². The Bertz CT molecular complexity index is 525. The number of hydrogen-bond donors (Lipinski definition) is 1. The van der Waals surface area contributed by atoms with Crippen molar-refractivity contribution in [1.29, 1.82) is 0 Å². The van der Waals surface area contributed by atoms with Crippen LogP contribution in [0.5, 0.6) is 5.75 Å². The molecule has 1 unspecified atom stereocenters. The molecule has 0 spiro atoms. The first kappa shape index (κ1) is 17.0. The maximum atomic E-state index is 12.5. The summed E-state index contributed by atoms with van der Waals surface area (Å²) in [6.07, 6.45) is 0.479. The molecule has 0 radical (unpaired) electrons. The Morgan fingerprint density at radius 1 is 1.33 bits per heavy atom. The Morgan fingerprint density at radius 3 is 2.43 bits per heavy atom. The lowest BCUT2D eigenvalue weighted by molar-refractivity contribution is -0.152. The fraction of sp³-hybridized carbons (Fsp3) is 0.500. The molecule has 0 heterocycles. The molecule has 1 N–H and O–H groups in total. The van der Waals surface area contributed by atoms with Gasteiger partial charge in [-0.05, 0) is 25.0 Å². The zero-order valence-corrected chi connectivity index (χ0v) is 13.2. The predicted molar refractivity (Wildman–Crippen MR) is 80.3 cm³/mol. The normalized spacial score (nSPS) is 12.6. The highest BCUT2D eigenvalue weighted by molar-refractivity contribution is 5.86. The molecule has 1 aromatic carbocycles. The lowest BCUT2D eigenvalue weighted by Gasteiger charge is -2.32. The molecule has 1 rings (SSSR count). The number of carbonyl (C=O) groups is 2. The van der Waals surface area contributed by atoms with Gasteiger partial charge in [0.15, 0.2) is 0 Å². The van der Waals surface area contributed by atoms with Gasteiger partial charge in [-0.15, -0.1) is 0 Å². The summed E-state index contributed by atoms with van der Waals surface area (Å²) in [5, 5.41) is 9.03. The highest BCUT2D eigenvalue weighted by atomic mass is 16.5. The van der Waals surface area contributed by atoms with Gasteiger partial charge >= 0.3 is 5.97 Å². The van der Waals surface area contributed by atoms with Crippen LogP contribution >= 0.6 is 0 Å². The molecule has 0 bridgehead atoms. The van der Waals surface area contributed by atoms with Crippen LogP contribution < -0.4 is 4.74 Å². The number of benzene rings is 1. The van der Waals surface area contributed by atoms with Crippen molar-refractivity contribution in [3.05, 3.63) is 29.8 Å². The summed E-state index contributed by atoms with van der Waals surface area (Å²) >= 11 is 0. The summed E-state index contributed by atoms with van der Waals surface area (Å²) in [6, 6.07) is 6.67. The number of ether oxygens (including phenoxy) is 1. The van der Waals surface area contributed by atoms with E-state index in [1.165, 1.54) is 18.9 Å². The summed E-state index contributed by atoms with van der Waals surface area (Å²) in [4.78, 5) is 24.8. The van der Waals surface area contributed by atoms with Crippen molar-refractivity contribution < 1.29 is 19.4 Å². The van der Waals surface area contributed by atoms with E-state index < -0.39 is 17.4 Å². The van der Waals surface area contributed by atoms with Crippen molar-refractivity contribution in [3.63, 3.8) is 0 Å². The zero-order chi connectivity index (χ0) is 16.2. The molecule has 0 aromatic heterocycles. The summed E-state index contributed by atoms with van der Waals surface area (Å²) < 4.78 is 5.30. The average molecular weight is 293 g/mol. The molecular formula is C16H23NO4. The van der Waals surface area contributed by atoms with Gasteiger partial charge in [0.05, 0.1) is 7.11 Å². The molecule has 0 fully saturated rings. The van der Waals surface area contributed by atoms with E-state index in [4.69, 9.17) is 9.84 Å². The van der Waals surface area contributed by atoms with E-state index in [-0.39, 0.29) is 5.91 Å². The van der Waals surface area contributed by atoms with Gasteiger partial charge in [0.1, 0.15) is 11.8 Å². The van der Waals surface area contributed by atoms with E-state index in [2.05, 4.69) is 0 Å². The van der Waals surface area contributed by atoms with Gasteiger partial charge in [-0.1, -0.05) is 32.0 Å². The standard InChI is InChI=1S/C16H23NO4/c1-11(14(18)19)17(4)15(20)16(2,3)10-12-8-6-7-9-13(12)21-5/h6-9,11H,10H2,1-5H3,(H,18,19). The number of methoxy groups -OCH3 is 1. The number of aliphatic carboxylic acids is 1. The van der Waals surface area contributed by atoms with Gasteiger partial charge in [-0.2, -0.15) is 0 Å². The van der Waals surface area contributed by atoms with E-state index in [1.807, 2.05) is 38.1 Å². The van der Waals surface area contributed by atoms with Gasteiger partial charge in [0.2, 0.25) is 5.91 Å². The average Bonchev–Trinajstić information content (AvgIpc) is 2.44. The molecular weight excluding hydrogens is 270 g/mol. The van der Waals surface area contributed by atoms with Crippen LogP contribution in [0, 0.1) is 5.41 Å². The van der Waals surface area contributed by atoms with Crippen LogP contribution in [0.1, 0.15) is 26.3 Å². The lowest BCUT2D eigenvalue weighted by Crippen LogP contribution is -2.47. The van der Waals surface area contributed by atoms with Gasteiger partial charge in [0, 0.05) is 12.5 Å². The van der Waals surface area contributed by atoms with E-state index in [0.29, 0.717) is 6.42 Å². The molecule has 21 heavy (non-hydrogen) atoms. The number of carboxylic acid groups (broad SMARTS) is 1. The Hall–Kier alpha value is -2.04. The van der Waals surface area contributed by atoms with Crippen molar-refractivity contribution in [2.45, 2.75) is 33.2 Å². The number of amides is 1. The zero-order valence-electron chi connectivity index (χ0n) is 13.2. The minimum atomic E-state index is -1.01. The second-order valence-corrected chi connectivity index (χ2v) is 5.80. The van der Waals surface area contributed by atoms with Gasteiger partial charge < -0.3 is 14.7 Å². The third-order valence-corrected chi connectivity index (χ3v) is 3.66. The van der Waals surface area contributed by atoms with Crippen molar-refractivity contribution in [1.82, 2.24) is 4.90 Å². The van der Waals surface area contributed by atoms with E-state index in [1.54, 1.807) is 7.11 Å². The van der Waals surface area contributed by atoms with Crippen molar-refractivity contribution in [2.24, 2.45) is 5.41 Å². The van der Waals surface area contributed by atoms with E-state index >= 15 is 0 Å². The molecule has 0 saturated carbocycles. The molecule has 1 amide bonds. The predicted octanol–water partition coefficient (Wildman–Crippen LogP) is 2.20. The highest BCUT2D eigenvalue weighted by Gasteiger charge is 2.34. The molecule has 0 aliphatic rings. The minimum absolute atomic E-state index is 0.205. The fourth-order valence-electron chi connectivity index (χ4n) is 2.22. The quantitative estimate of drug-likeness (QED) is 0.873. The number of nitrogens with zero attached hydrogens (tertiary/aromatic N) is 1. The molecule has 5 heteroatoms. The van der Waals surface area contributed by atoms with E-state index in [9.17, 15) is 9.59 Å². The number of para-hydroxylation sites is 1. The first-order valence-electron chi connectivity index (χ1n) is 6.82. The van der Waals surface area contributed by atoms with Crippen LogP contribution in [0.2, 0.25) is 0 Å². The largest absolute Gasteiger partial charge is 0.496 e.